The first kappa shape index (κ1) is 18.3. The first-order valence-electron chi connectivity index (χ1n) is 9.16. The number of imidazole rings is 1. The van der Waals surface area contributed by atoms with Gasteiger partial charge in [0.25, 0.3) is 5.91 Å². The molecular formula is C22H20N4OS. The first-order chi connectivity index (χ1) is 13.8. The maximum Gasteiger partial charge on any atom is 0.251 e. The van der Waals surface area contributed by atoms with Gasteiger partial charge in [0.2, 0.25) is 0 Å². The number of fused-ring (bicyclic) bond motifs is 1. The number of thioether (sulfide) groups is 1. The fraction of sp³-hybridized carbons (Fsp3) is 0.136. The molecule has 2 aromatic heterocycles. The second-order valence-electron chi connectivity index (χ2n) is 6.20. The van der Waals surface area contributed by atoms with Gasteiger partial charge in [-0.15, -0.1) is 11.8 Å². The lowest BCUT2D eigenvalue weighted by molar-refractivity contribution is 0.0950. The molecule has 0 aliphatic rings. The molecule has 140 valence electrons. The van der Waals surface area contributed by atoms with Gasteiger partial charge in [-0.3, -0.25) is 4.79 Å². The minimum atomic E-state index is -0.117. The Balaban J connectivity index is 1.73. The van der Waals surface area contributed by atoms with Crippen molar-refractivity contribution in [1.82, 2.24) is 19.9 Å². The van der Waals surface area contributed by atoms with E-state index in [2.05, 4.69) is 12.2 Å². The van der Waals surface area contributed by atoms with E-state index >= 15 is 0 Å². The molecule has 28 heavy (non-hydrogen) atoms. The Morgan fingerprint density at radius 3 is 2.43 bits per heavy atom. The van der Waals surface area contributed by atoms with Crippen LogP contribution in [0.4, 0.5) is 0 Å². The van der Waals surface area contributed by atoms with Crippen molar-refractivity contribution in [3.8, 4) is 11.3 Å². The maximum absolute atomic E-state index is 12.5. The van der Waals surface area contributed by atoms with Crippen LogP contribution in [-0.4, -0.2) is 26.3 Å². The third-order valence-corrected chi connectivity index (χ3v) is 5.14. The van der Waals surface area contributed by atoms with E-state index in [0.717, 1.165) is 33.4 Å². The Bertz CT molecular complexity index is 1090. The van der Waals surface area contributed by atoms with Crippen LogP contribution < -0.4 is 5.32 Å². The predicted octanol–water partition coefficient (Wildman–Crippen LogP) is 4.44. The zero-order valence-corrected chi connectivity index (χ0v) is 16.3. The number of hydrogen-bond donors (Lipinski definition) is 1. The van der Waals surface area contributed by atoms with Crippen molar-refractivity contribution in [2.75, 3.05) is 5.75 Å². The smallest absolute Gasteiger partial charge is 0.251 e. The highest BCUT2D eigenvalue weighted by Crippen LogP contribution is 2.25. The summed E-state index contributed by atoms with van der Waals surface area (Å²) in [6.45, 7) is 2.44. The summed E-state index contributed by atoms with van der Waals surface area (Å²) in [5.41, 5.74) is 4.10. The van der Waals surface area contributed by atoms with Gasteiger partial charge in [0.1, 0.15) is 5.03 Å². The molecule has 0 spiro atoms. The molecule has 0 saturated carbocycles. The Kier molecular flexibility index (Phi) is 5.39. The maximum atomic E-state index is 12.5. The van der Waals surface area contributed by atoms with Crippen LogP contribution in [0.1, 0.15) is 23.0 Å². The molecule has 6 heteroatoms. The predicted molar refractivity (Wildman–Crippen MR) is 112 cm³/mol. The largest absolute Gasteiger partial charge is 0.346 e. The molecule has 0 bridgehead atoms. The fourth-order valence-corrected chi connectivity index (χ4v) is 3.63. The molecular weight excluding hydrogens is 368 g/mol. The van der Waals surface area contributed by atoms with Gasteiger partial charge in [-0.05, 0) is 30.0 Å². The van der Waals surface area contributed by atoms with E-state index in [1.54, 1.807) is 23.9 Å². The third kappa shape index (κ3) is 3.77. The van der Waals surface area contributed by atoms with Crippen molar-refractivity contribution in [1.29, 1.82) is 0 Å². The first-order valence-corrected chi connectivity index (χ1v) is 10.1. The highest BCUT2D eigenvalue weighted by atomic mass is 32.2. The summed E-state index contributed by atoms with van der Waals surface area (Å²) in [6.07, 6.45) is 0. The standard InChI is InChI=1S/C22H20N4OS/c1-2-28-20-14-13-19-24-21(16-9-5-3-6-10-16)18(26(19)25-20)15-23-22(27)17-11-7-4-8-12-17/h3-14H,2,15H2,1H3,(H,23,27). The SMILES string of the molecule is CCSc1ccc2nc(-c3ccccc3)c(CNC(=O)c3ccccc3)n2n1. The van der Waals surface area contributed by atoms with E-state index in [9.17, 15) is 4.79 Å². The molecule has 0 aliphatic carbocycles. The van der Waals surface area contributed by atoms with Gasteiger partial charge in [-0.1, -0.05) is 55.5 Å². The van der Waals surface area contributed by atoms with Gasteiger partial charge in [0.15, 0.2) is 5.65 Å². The molecule has 1 N–H and O–H groups in total. The molecule has 4 aromatic rings. The number of hydrogen-bond acceptors (Lipinski definition) is 4. The molecule has 0 aliphatic heterocycles. The minimum absolute atomic E-state index is 0.117. The number of rotatable bonds is 6. The van der Waals surface area contributed by atoms with Crippen LogP contribution in [0.2, 0.25) is 0 Å². The van der Waals surface area contributed by atoms with Crippen LogP contribution in [0, 0.1) is 0 Å². The molecule has 1 amide bonds. The quantitative estimate of drug-likeness (QED) is 0.496. The average Bonchev–Trinajstić information content (AvgIpc) is 3.11. The van der Waals surface area contributed by atoms with Crippen molar-refractivity contribution in [2.45, 2.75) is 18.5 Å². The van der Waals surface area contributed by atoms with Crippen LogP contribution in [0.15, 0.2) is 77.8 Å². The molecule has 4 rings (SSSR count). The van der Waals surface area contributed by atoms with E-state index in [0.29, 0.717) is 12.1 Å². The molecule has 0 radical (unpaired) electrons. The average molecular weight is 388 g/mol. The van der Waals surface area contributed by atoms with E-state index in [-0.39, 0.29) is 5.91 Å². The van der Waals surface area contributed by atoms with Gasteiger partial charge >= 0.3 is 0 Å². The number of carbonyl (C=O) groups excluding carboxylic acids is 1. The molecule has 0 atom stereocenters. The van der Waals surface area contributed by atoms with Crippen LogP contribution in [-0.2, 0) is 6.54 Å². The van der Waals surface area contributed by atoms with Crippen LogP contribution in [0.3, 0.4) is 0 Å². The van der Waals surface area contributed by atoms with Gasteiger partial charge < -0.3 is 5.32 Å². The molecule has 2 heterocycles. The summed E-state index contributed by atoms with van der Waals surface area (Å²) in [6, 6.07) is 23.1. The minimum Gasteiger partial charge on any atom is -0.346 e. The summed E-state index contributed by atoms with van der Waals surface area (Å²) in [5, 5.41) is 8.67. The number of nitrogens with one attached hydrogen (secondary N) is 1. The topological polar surface area (TPSA) is 59.3 Å². The van der Waals surface area contributed by atoms with Crippen molar-refractivity contribution in [3.05, 3.63) is 84.1 Å². The van der Waals surface area contributed by atoms with Crippen molar-refractivity contribution in [3.63, 3.8) is 0 Å². The Labute approximate surface area is 167 Å². The van der Waals surface area contributed by atoms with Crippen molar-refractivity contribution < 1.29 is 4.79 Å². The highest BCUT2D eigenvalue weighted by molar-refractivity contribution is 7.99. The third-order valence-electron chi connectivity index (χ3n) is 4.34. The Morgan fingerprint density at radius 2 is 1.71 bits per heavy atom. The molecule has 2 aromatic carbocycles. The number of aromatic nitrogens is 3. The van der Waals surface area contributed by atoms with Crippen LogP contribution >= 0.6 is 11.8 Å². The monoisotopic (exact) mass is 388 g/mol. The molecule has 0 unspecified atom stereocenters. The highest BCUT2D eigenvalue weighted by Gasteiger charge is 2.16. The van der Waals surface area contributed by atoms with Crippen LogP contribution in [0.25, 0.3) is 16.9 Å². The molecule has 5 nitrogen and oxygen atoms in total. The van der Waals surface area contributed by atoms with Gasteiger partial charge in [0.05, 0.1) is 17.9 Å². The summed E-state index contributed by atoms with van der Waals surface area (Å²) < 4.78 is 1.84. The number of nitrogens with zero attached hydrogens (tertiary/aromatic N) is 3. The molecule has 0 fully saturated rings. The zero-order valence-electron chi connectivity index (χ0n) is 15.5. The van der Waals surface area contributed by atoms with E-state index in [4.69, 9.17) is 10.1 Å². The van der Waals surface area contributed by atoms with Crippen LogP contribution in [0.5, 0.6) is 0 Å². The lowest BCUT2D eigenvalue weighted by Gasteiger charge is -2.08. The van der Waals surface area contributed by atoms with E-state index in [1.165, 1.54) is 0 Å². The molecule has 0 saturated heterocycles. The lowest BCUT2D eigenvalue weighted by atomic mass is 10.1. The van der Waals surface area contributed by atoms with Gasteiger partial charge in [0, 0.05) is 11.1 Å². The zero-order chi connectivity index (χ0) is 19.3. The Morgan fingerprint density at radius 1 is 1.00 bits per heavy atom. The second-order valence-corrected chi connectivity index (χ2v) is 7.48. The number of benzene rings is 2. The second kappa shape index (κ2) is 8.27. The summed E-state index contributed by atoms with van der Waals surface area (Å²) in [4.78, 5) is 17.3. The van der Waals surface area contributed by atoms with Gasteiger partial charge in [-0.2, -0.15) is 5.10 Å². The number of carbonyl (C=O) groups is 1. The van der Waals surface area contributed by atoms with E-state index in [1.807, 2.05) is 65.2 Å². The normalized spacial score (nSPS) is 10.9. The summed E-state index contributed by atoms with van der Waals surface area (Å²) in [7, 11) is 0. The number of amides is 1. The lowest BCUT2D eigenvalue weighted by Crippen LogP contribution is -2.24. The Hall–Kier alpha value is -3.12. The van der Waals surface area contributed by atoms with E-state index < -0.39 is 0 Å². The van der Waals surface area contributed by atoms with Crippen molar-refractivity contribution >= 4 is 23.3 Å². The summed E-state index contributed by atoms with van der Waals surface area (Å²) in [5.74, 6) is 0.826. The fourth-order valence-electron chi connectivity index (χ4n) is 3.03. The summed E-state index contributed by atoms with van der Waals surface area (Å²) >= 11 is 1.68. The van der Waals surface area contributed by atoms with Gasteiger partial charge in [-0.25, -0.2) is 9.50 Å². The van der Waals surface area contributed by atoms with Crippen molar-refractivity contribution in [2.24, 2.45) is 0 Å².